The van der Waals surface area contributed by atoms with Crippen molar-refractivity contribution in [3.63, 3.8) is 0 Å². The number of Topliss-reactive ketones (excluding diaryl/α,β-unsaturated/α-hetero) is 2. The normalized spacial score (nSPS) is 9.16. The van der Waals surface area contributed by atoms with Crippen molar-refractivity contribution in [2.24, 2.45) is 5.92 Å². The molecular weight excluding hydrogens is 1320 g/mol. The van der Waals surface area contributed by atoms with E-state index in [0.717, 1.165) is 27.0 Å². The van der Waals surface area contributed by atoms with Gasteiger partial charge >= 0.3 is 127 Å². The molecule has 0 radical (unpaired) electrons. The van der Waals surface area contributed by atoms with Crippen molar-refractivity contribution in [3.05, 3.63) is 101 Å². The summed E-state index contributed by atoms with van der Waals surface area (Å²) < 4.78 is 19.4. The minimum absolute atomic E-state index is 0. The van der Waals surface area contributed by atoms with Crippen molar-refractivity contribution in [2.45, 2.75) is 54.9 Å². The Morgan fingerprint density at radius 2 is 1.23 bits per heavy atom. The molecule has 0 N–H and O–H groups in total. The van der Waals surface area contributed by atoms with Crippen LogP contribution in [-0.4, -0.2) is 113 Å². The molecule has 0 bridgehead atoms. The molecule has 394 valence electrons. The van der Waals surface area contributed by atoms with Gasteiger partial charge in [0.2, 0.25) is 0 Å². The van der Waals surface area contributed by atoms with E-state index in [9.17, 15) is 28.8 Å². The minimum Gasteiger partial charge on any atom is -1.00 e. The quantitative estimate of drug-likeness (QED) is 0.0121. The number of carbonyl (C=O) groups is 7. The average molecular weight is 1370 g/mol. The van der Waals surface area contributed by atoms with Crippen molar-refractivity contribution in [3.8, 4) is 10.6 Å². The molecule has 1 unspecified atom stereocenters. The van der Waals surface area contributed by atoms with Crippen LogP contribution in [0.15, 0.2) is 74.4 Å². The van der Waals surface area contributed by atoms with Crippen LogP contribution in [0.5, 0.6) is 0 Å². The van der Waals surface area contributed by atoms with E-state index in [1.54, 1.807) is 85.3 Å². The van der Waals surface area contributed by atoms with Crippen molar-refractivity contribution in [1.29, 1.82) is 0 Å². The molecule has 0 fully saturated rings. The molecule has 0 aliphatic heterocycles. The third-order valence-corrected chi connectivity index (χ3v) is 19.8. The fourth-order valence-electron chi connectivity index (χ4n) is 3.70. The van der Waals surface area contributed by atoms with Crippen LogP contribution in [0.25, 0.3) is 10.6 Å². The Morgan fingerprint density at radius 3 is 1.59 bits per heavy atom. The molecule has 0 aromatic carbocycles. The van der Waals surface area contributed by atoms with Crippen LogP contribution in [0.1, 0.15) is 86.4 Å². The van der Waals surface area contributed by atoms with Gasteiger partial charge in [0.25, 0.3) is 6.47 Å². The second-order valence-corrected chi connectivity index (χ2v) is 23.8. The Bertz CT molecular complexity index is 2550. The molecule has 5 aromatic heterocycles. The summed E-state index contributed by atoms with van der Waals surface area (Å²) in [4.78, 5) is 111. The van der Waals surface area contributed by atoms with Crippen LogP contribution in [-0.2, 0) is 93.3 Å². The number of carbonyl (C=O) groups excluding carboxylic acids is 7. The van der Waals surface area contributed by atoms with Gasteiger partial charge in [0.1, 0.15) is 27.6 Å². The van der Waals surface area contributed by atoms with Crippen LogP contribution in [0.2, 0.25) is 0 Å². The molecular formula is C40H49IK2N8O13P2S8. The second kappa shape index (κ2) is 58.1. The molecule has 5 rings (SSSR count). The Balaban J connectivity index is -0.000000189. The van der Waals surface area contributed by atoms with E-state index < -0.39 is 23.8 Å². The Hall–Kier alpha value is -1.06. The summed E-state index contributed by atoms with van der Waals surface area (Å²) in [6.45, 7) is 13.0. The molecule has 5 aromatic rings. The van der Waals surface area contributed by atoms with Crippen LogP contribution >= 0.6 is 69.6 Å². The maximum Gasteiger partial charge on any atom is 1.00 e. The topological polar surface area (TPSA) is 292 Å². The molecule has 0 amide bonds. The number of ether oxygens (including phenoxy) is 4. The van der Waals surface area contributed by atoms with Gasteiger partial charge in [-0.2, -0.15) is 0 Å². The fraction of sp³-hybridized carbons (Fsp3) is 0.350. The van der Waals surface area contributed by atoms with Gasteiger partial charge in [0.05, 0.1) is 61.8 Å². The molecule has 5 heterocycles. The van der Waals surface area contributed by atoms with Crippen LogP contribution in [0.3, 0.4) is 0 Å². The smallest absolute Gasteiger partial charge is 1.00 e. The number of alkyl halides is 1. The van der Waals surface area contributed by atoms with Crippen molar-refractivity contribution >= 4 is 162 Å². The summed E-state index contributed by atoms with van der Waals surface area (Å²) in [5, 5.41) is 8.43. The first kappa shape index (κ1) is 81.8. The Labute approximate surface area is 563 Å². The number of halogens is 1. The Kier molecular flexibility index (Phi) is 64.2. The zero-order valence-corrected chi connectivity index (χ0v) is 58.3. The van der Waals surface area contributed by atoms with Gasteiger partial charge in [-0.1, -0.05) is 55.5 Å². The SMILES string of the molecule is CCOC(=O)C(C)C(=O)c1cnccn1.CCOC(=O)CC(=O)c1cnccn1.CCOC(=O)c1cnccn1.CCOC(C)=O.CI.Cc1c(-c2cnccn2)ssc1=S.O=CO[O-].S=PP=S=S=S=S.[H-].[K+].[K+]. The molecule has 74 heavy (non-hydrogen) atoms. The first-order chi connectivity index (χ1) is 34.6. The standard InChI is InChI=1S/C10H12N2O3.C9H10N2O3.C8H6N2S3.C7H8N2O2.C4H8O2.CH3I.CH2O3.2K.P2S5.H/c1-3-15-10(14)7(2)9(13)8-6-11-4-5-12-8;1-2-14-9(13)5-8(12)7-6-10-3-4-11-7;1-5-7(12-13-8(5)11)6-4-9-2-3-10-6;1-2-11-7(10)6-5-8-3-4-9-6;1-3-6-4(2)5;1-2;2-1-4-3;;;3-1-2-5-7-6-4;/h4-7H,3H2,1-2H3;3-4,6H,2,5H2,1H3;2-4H,1H3;3-5H,2H2,1H3;3H2,1-2H3;1H3;1,3H;;;;/q;;;;;;;2*+1;;-1/p-1. The van der Waals surface area contributed by atoms with Gasteiger partial charge in [0, 0.05) is 70.6 Å². The van der Waals surface area contributed by atoms with Gasteiger partial charge in [-0.3, -0.25) is 53.7 Å². The minimum atomic E-state index is -0.832. The second-order valence-electron chi connectivity index (χ2n) is 11.2. The predicted octanol–water partition coefficient (Wildman–Crippen LogP) is 1.32. The first-order valence-electron chi connectivity index (χ1n) is 19.7. The van der Waals surface area contributed by atoms with Crippen LogP contribution in [0.4, 0.5) is 0 Å². The monoisotopic (exact) mass is 1370 g/mol. The average Bonchev–Trinajstić information content (AvgIpc) is 3.75. The summed E-state index contributed by atoms with van der Waals surface area (Å²) in [5.74, 6) is -3.30. The van der Waals surface area contributed by atoms with E-state index in [4.69, 9.17) is 27.0 Å². The van der Waals surface area contributed by atoms with E-state index in [1.165, 1.54) is 85.5 Å². The zero-order valence-electron chi connectivity index (χ0n) is 42.5. The number of nitrogens with zero attached hydrogens (tertiary/aromatic N) is 8. The zero-order chi connectivity index (χ0) is 55.0. The number of hydrogen-bond donors (Lipinski definition) is 0. The molecule has 0 spiro atoms. The summed E-state index contributed by atoms with van der Waals surface area (Å²) in [6.07, 6.45) is 17.6. The van der Waals surface area contributed by atoms with Gasteiger partial charge in [-0.15, -0.1) is 0 Å². The molecule has 34 heteroatoms. The van der Waals surface area contributed by atoms with Gasteiger partial charge < -0.3 is 30.5 Å². The van der Waals surface area contributed by atoms with Gasteiger partial charge in [-0.25, -0.2) is 19.7 Å². The van der Waals surface area contributed by atoms with Crippen molar-refractivity contribution in [2.75, 3.05) is 31.4 Å². The summed E-state index contributed by atoms with van der Waals surface area (Å²) in [5.41, 5.74) is 2.66. The van der Waals surface area contributed by atoms with Gasteiger partial charge in [0.15, 0.2) is 17.3 Å². The maximum atomic E-state index is 11.7. The van der Waals surface area contributed by atoms with E-state index in [-0.39, 0.29) is 165 Å². The number of ketones is 2. The third-order valence-electron chi connectivity index (χ3n) is 6.51. The van der Waals surface area contributed by atoms with E-state index in [1.807, 2.05) is 11.9 Å². The van der Waals surface area contributed by atoms with Crippen molar-refractivity contribution in [1.82, 2.24) is 39.9 Å². The van der Waals surface area contributed by atoms with Crippen LogP contribution in [0, 0.1) is 16.7 Å². The number of esters is 4. The predicted molar refractivity (Wildman–Crippen MR) is 298 cm³/mol. The summed E-state index contributed by atoms with van der Waals surface area (Å²) in [7, 11) is 10.1. The summed E-state index contributed by atoms with van der Waals surface area (Å²) >= 11 is 16.5. The van der Waals surface area contributed by atoms with Gasteiger partial charge in [-0.05, 0) is 102 Å². The largest absolute Gasteiger partial charge is 1.00 e. The van der Waals surface area contributed by atoms with Crippen molar-refractivity contribution < 1.29 is 167 Å². The molecule has 0 saturated carbocycles. The first-order valence-corrected chi connectivity index (χ1v) is 33.0. The third kappa shape index (κ3) is 43.9. The number of hydrogen-bond acceptors (Lipinski definition) is 26. The molecule has 1 atom stereocenters. The van der Waals surface area contributed by atoms with Crippen LogP contribution < -0.4 is 108 Å². The summed E-state index contributed by atoms with van der Waals surface area (Å²) in [6, 6.07) is 0. The van der Waals surface area contributed by atoms with E-state index in [2.05, 4.69) is 105 Å². The fourth-order valence-corrected chi connectivity index (χ4v) is 16.1. The molecule has 21 nitrogen and oxygen atoms in total. The Morgan fingerprint density at radius 1 is 0.757 bits per heavy atom. The molecule has 0 aliphatic rings. The molecule has 0 saturated heterocycles. The number of rotatable bonds is 14. The van der Waals surface area contributed by atoms with E-state index in [0.29, 0.717) is 13.2 Å². The number of aromatic nitrogens is 8. The molecule has 0 aliphatic carbocycles. The van der Waals surface area contributed by atoms with E-state index >= 15 is 0 Å². The maximum absolute atomic E-state index is 11.7.